The van der Waals surface area contributed by atoms with Crippen LogP contribution in [0.5, 0.6) is 0 Å². The van der Waals surface area contributed by atoms with Crippen LogP contribution in [-0.2, 0) is 0 Å². The van der Waals surface area contributed by atoms with Crippen LogP contribution in [0, 0.1) is 0 Å². The predicted molar refractivity (Wildman–Crippen MR) is 55.3 cm³/mol. The van der Waals surface area contributed by atoms with Crippen LogP contribution in [0.4, 0.5) is 0 Å². The number of nitrogens with two attached hydrogens (primary N) is 1. The maximum atomic E-state index is 4.50. The molecule has 0 bridgehead atoms. The van der Waals surface area contributed by atoms with E-state index in [9.17, 15) is 0 Å². The summed E-state index contributed by atoms with van der Waals surface area (Å²) in [5, 5.41) is 0. The predicted octanol–water partition coefficient (Wildman–Crippen LogP) is 1.85. The summed E-state index contributed by atoms with van der Waals surface area (Å²) in [6.07, 6.45) is 7.06. The van der Waals surface area contributed by atoms with Gasteiger partial charge < -0.3 is 10.6 Å². The Morgan fingerprint density at radius 1 is 1.08 bits per heavy atom. The van der Waals surface area contributed by atoms with Gasteiger partial charge in [0.2, 0.25) is 0 Å². The number of likely N-dealkylation sites (tertiary alicyclic amines) is 1. The second kappa shape index (κ2) is 9.01. The average Bonchev–Trinajstić information content (AvgIpc) is 2.19. The Morgan fingerprint density at radius 3 is 2.17 bits per heavy atom. The van der Waals surface area contributed by atoms with E-state index in [1.807, 2.05) is 0 Å². The molecule has 2 nitrogen and oxygen atoms in total. The van der Waals surface area contributed by atoms with E-state index in [1.54, 1.807) is 0 Å². The fraction of sp³-hybridized carbons (Fsp3) is 1.00. The Morgan fingerprint density at radius 2 is 1.67 bits per heavy atom. The highest BCUT2D eigenvalue weighted by Gasteiger charge is 2.07. The van der Waals surface area contributed by atoms with E-state index in [0.717, 1.165) is 0 Å². The summed E-state index contributed by atoms with van der Waals surface area (Å²) in [6, 6.07) is 0. The number of nitrogens with zero attached hydrogens (tertiary/aromatic N) is 1. The number of unbranched alkanes of at least 4 members (excludes halogenated alkanes) is 1. The first-order valence-corrected chi connectivity index (χ1v) is 5.23. The van der Waals surface area contributed by atoms with Crippen molar-refractivity contribution in [3.8, 4) is 0 Å². The summed E-state index contributed by atoms with van der Waals surface area (Å²) >= 11 is 0. The van der Waals surface area contributed by atoms with Crippen LogP contribution in [0.1, 0.15) is 39.0 Å². The van der Waals surface area contributed by atoms with Crippen molar-refractivity contribution in [1.82, 2.24) is 4.90 Å². The molecule has 1 rings (SSSR count). The highest BCUT2D eigenvalue weighted by molar-refractivity contribution is 4.63. The van der Waals surface area contributed by atoms with Gasteiger partial charge in [0.05, 0.1) is 0 Å². The zero-order chi connectivity index (χ0) is 9.23. The van der Waals surface area contributed by atoms with Gasteiger partial charge in [-0.15, -0.1) is 0 Å². The van der Waals surface area contributed by atoms with E-state index in [1.165, 1.54) is 58.8 Å². The van der Waals surface area contributed by atoms with E-state index < -0.39 is 0 Å². The van der Waals surface area contributed by atoms with Crippen molar-refractivity contribution in [2.45, 2.75) is 39.0 Å². The van der Waals surface area contributed by atoms with Crippen molar-refractivity contribution in [3.63, 3.8) is 0 Å². The van der Waals surface area contributed by atoms with E-state index in [4.69, 9.17) is 0 Å². The molecule has 0 aromatic heterocycles. The van der Waals surface area contributed by atoms with Gasteiger partial charge in [-0.1, -0.05) is 19.8 Å². The number of hydrogen-bond acceptors (Lipinski definition) is 2. The first-order chi connectivity index (χ1) is 5.93. The topological polar surface area (TPSA) is 29.3 Å². The zero-order valence-corrected chi connectivity index (χ0v) is 8.68. The van der Waals surface area contributed by atoms with Crippen molar-refractivity contribution in [2.75, 3.05) is 26.7 Å². The lowest BCUT2D eigenvalue weighted by atomic mass is 10.1. The van der Waals surface area contributed by atoms with Crippen molar-refractivity contribution in [2.24, 2.45) is 5.73 Å². The molecule has 2 heteroatoms. The van der Waals surface area contributed by atoms with Crippen molar-refractivity contribution < 1.29 is 0 Å². The SMILES string of the molecule is CCCCN1CCCCC1.CN. The molecular formula is C10H24N2. The molecule has 0 atom stereocenters. The van der Waals surface area contributed by atoms with Crippen LogP contribution in [0.3, 0.4) is 0 Å². The largest absolute Gasteiger partial charge is 0.333 e. The summed E-state index contributed by atoms with van der Waals surface area (Å²) in [4.78, 5) is 2.60. The third kappa shape index (κ3) is 5.56. The van der Waals surface area contributed by atoms with Gasteiger partial charge in [0.15, 0.2) is 0 Å². The van der Waals surface area contributed by atoms with Crippen LogP contribution in [0.2, 0.25) is 0 Å². The second-order valence-corrected chi connectivity index (χ2v) is 3.26. The molecule has 1 aliphatic rings. The molecule has 2 N–H and O–H groups in total. The molecule has 0 radical (unpaired) electrons. The number of rotatable bonds is 3. The summed E-state index contributed by atoms with van der Waals surface area (Å²) < 4.78 is 0. The lowest BCUT2D eigenvalue weighted by Gasteiger charge is -2.25. The first kappa shape index (κ1) is 11.9. The minimum absolute atomic E-state index is 1.34. The van der Waals surface area contributed by atoms with Crippen LogP contribution in [0.15, 0.2) is 0 Å². The maximum Gasteiger partial charge on any atom is -0.00187 e. The van der Waals surface area contributed by atoms with Crippen LogP contribution in [0.25, 0.3) is 0 Å². The Hall–Kier alpha value is -0.0800. The third-order valence-corrected chi connectivity index (χ3v) is 2.28. The van der Waals surface area contributed by atoms with Crippen LogP contribution < -0.4 is 5.73 Å². The van der Waals surface area contributed by atoms with Gasteiger partial charge in [0.25, 0.3) is 0 Å². The lowest BCUT2D eigenvalue weighted by Crippen LogP contribution is -2.30. The zero-order valence-electron chi connectivity index (χ0n) is 8.68. The Kier molecular flexibility index (Phi) is 8.95. The summed E-state index contributed by atoms with van der Waals surface area (Å²) in [5.41, 5.74) is 4.50. The summed E-state index contributed by atoms with van der Waals surface area (Å²) in [6.45, 7) is 6.33. The van der Waals surface area contributed by atoms with E-state index in [0.29, 0.717) is 0 Å². The van der Waals surface area contributed by atoms with Gasteiger partial charge in [0.1, 0.15) is 0 Å². The summed E-state index contributed by atoms with van der Waals surface area (Å²) in [5.74, 6) is 0. The van der Waals surface area contributed by atoms with E-state index in [-0.39, 0.29) is 0 Å². The average molecular weight is 172 g/mol. The smallest absolute Gasteiger partial charge is 0.00187 e. The fourth-order valence-corrected chi connectivity index (χ4v) is 1.56. The quantitative estimate of drug-likeness (QED) is 0.704. The molecule has 0 spiro atoms. The minimum atomic E-state index is 1.34. The van der Waals surface area contributed by atoms with E-state index >= 15 is 0 Å². The first-order valence-electron chi connectivity index (χ1n) is 5.23. The molecule has 1 fully saturated rings. The molecule has 0 aromatic rings. The molecule has 1 heterocycles. The van der Waals surface area contributed by atoms with Crippen molar-refractivity contribution in [1.29, 1.82) is 0 Å². The highest BCUT2D eigenvalue weighted by atomic mass is 15.1. The molecular weight excluding hydrogens is 148 g/mol. The molecule has 1 aliphatic heterocycles. The van der Waals surface area contributed by atoms with Gasteiger partial charge in [-0.05, 0) is 45.9 Å². The molecule has 12 heavy (non-hydrogen) atoms. The molecule has 0 unspecified atom stereocenters. The molecule has 0 amide bonds. The second-order valence-electron chi connectivity index (χ2n) is 3.26. The number of hydrogen-bond donors (Lipinski definition) is 1. The third-order valence-electron chi connectivity index (χ3n) is 2.28. The highest BCUT2D eigenvalue weighted by Crippen LogP contribution is 2.08. The standard InChI is InChI=1S/C9H19N.CH5N/c1-2-3-7-10-8-5-4-6-9-10;1-2/h2-9H2,1H3;2H2,1H3. The molecule has 0 saturated carbocycles. The van der Waals surface area contributed by atoms with E-state index in [2.05, 4.69) is 17.6 Å². The van der Waals surface area contributed by atoms with Crippen molar-refractivity contribution in [3.05, 3.63) is 0 Å². The monoisotopic (exact) mass is 172 g/mol. The van der Waals surface area contributed by atoms with Gasteiger partial charge in [-0.3, -0.25) is 0 Å². The van der Waals surface area contributed by atoms with Gasteiger partial charge in [-0.25, -0.2) is 0 Å². The number of piperidine rings is 1. The molecule has 74 valence electrons. The lowest BCUT2D eigenvalue weighted by molar-refractivity contribution is 0.226. The maximum absolute atomic E-state index is 4.50. The normalized spacial score (nSPS) is 18.2. The van der Waals surface area contributed by atoms with Gasteiger partial charge in [0, 0.05) is 0 Å². The Bertz CT molecular complexity index is 77.9. The molecule has 0 aliphatic carbocycles. The summed E-state index contributed by atoms with van der Waals surface area (Å²) in [7, 11) is 1.50. The Balaban J connectivity index is 0.000000561. The van der Waals surface area contributed by atoms with Gasteiger partial charge in [-0.2, -0.15) is 0 Å². The minimum Gasteiger partial charge on any atom is -0.333 e. The van der Waals surface area contributed by atoms with Crippen LogP contribution >= 0.6 is 0 Å². The van der Waals surface area contributed by atoms with Crippen LogP contribution in [-0.4, -0.2) is 31.6 Å². The Labute approximate surface area is 77.1 Å². The molecule has 1 saturated heterocycles. The van der Waals surface area contributed by atoms with Crippen molar-refractivity contribution >= 4 is 0 Å². The van der Waals surface area contributed by atoms with Gasteiger partial charge >= 0.3 is 0 Å². The fourth-order valence-electron chi connectivity index (χ4n) is 1.56. The molecule has 0 aromatic carbocycles.